The summed E-state index contributed by atoms with van der Waals surface area (Å²) >= 11 is 1.73. The van der Waals surface area contributed by atoms with Gasteiger partial charge in [0.2, 0.25) is 0 Å². The van der Waals surface area contributed by atoms with Crippen molar-refractivity contribution in [1.29, 1.82) is 0 Å². The van der Waals surface area contributed by atoms with Gasteiger partial charge in [0.25, 0.3) is 5.91 Å². The molecule has 0 spiro atoms. The lowest BCUT2D eigenvalue weighted by molar-refractivity contribution is 0.0711. The Kier molecular flexibility index (Phi) is 4.26. The van der Waals surface area contributed by atoms with Crippen LogP contribution in [0.4, 0.5) is 0 Å². The normalized spacial score (nSPS) is 16.4. The number of fused-ring (bicyclic) bond motifs is 1. The molecule has 1 aliphatic rings. The third kappa shape index (κ3) is 3.02. The maximum absolute atomic E-state index is 13.2. The van der Waals surface area contributed by atoms with Gasteiger partial charge >= 0.3 is 0 Å². The van der Waals surface area contributed by atoms with Crippen LogP contribution in [0.5, 0.6) is 0 Å². The first-order valence-electron chi connectivity index (χ1n) is 9.29. The molecule has 0 N–H and O–H groups in total. The summed E-state index contributed by atoms with van der Waals surface area (Å²) in [6.45, 7) is 0. The van der Waals surface area contributed by atoms with Crippen LogP contribution in [0.3, 0.4) is 0 Å². The Hall–Kier alpha value is -3.24. The molecule has 0 saturated carbocycles. The molecule has 136 valence electrons. The monoisotopic (exact) mass is 382 g/mol. The van der Waals surface area contributed by atoms with Crippen molar-refractivity contribution >= 4 is 33.0 Å². The number of rotatable bonds is 3. The Balaban J connectivity index is 1.56. The predicted molar refractivity (Wildman–Crippen MR) is 115 cm³/mol. The Morgan fingerprint density at radius 3 is 2.32 bits per heavy atom. The molecule has 0 saturated heterocycles. The zero-order valence-electron chi connectivity index (χ0n) is 15.2. The third-order valence-electron chi connectivity index (χ3n) is 5.03. The van der Waals surface area contributed by atoms with Gasteiger partial charge in [-0.1, -0.05) is 66.7 Å². The molecular formula is C24H18N2OS. The molecule has 4 heteroatoms. The lowest BCUT2D eigenvalue weighted by atomic mass is 10.0. The summed E-state index contributed by atoms with van der Waals surface area (Å²) in [5.74, 6) is -0.0643. The summed E-state index contributed by atoms with van der Waals surface area (Å²) in [4.78, 5) is 14.3. The lowest BCUT2D eigenvalue weighted by Crippen LogP contribution is -2.27. The number of hydrogen-bond acceptors (Lipinski definition) is 3. The van der Waals surface area contributed by atoms with Crippen LogP contribution in [0, 0.1) is 0 Å². The van der Waals surface area contributed by atoms with Crippen molar-refractivity contribution in [3.05, 3.63) is 107 Å². The molecule has 3 aromatic carbocycles. The van der Waals surface area contributed by atoms with E-state index >= 15 is 0 Å². The Labute approximate surface area is 167 Å². The first-order chi connectivity index (χ1) is 13.8. The fourth-order valence-electron chi connectivity index (χ4n) is 3.62. The van der Waals surface area contributed by atoms with Gasteiger partial charge in [-0.2, -0.15) is 5.10 Å². The van der Waals surface area contributed by atoms with Crippen LogP contribution in [0.2, 0.25) is 0 Å². The van der Waals surface area contributed by atoms with Crippen LogP contribution in [0.25, 0.3) is 10.1 Å². The largest absolute Gasteiger partial charge is 0.274 e. The van der Waals surface area contributed by atoms with E-state index in [0.717, 1.165) is 22.6 Å². The van der Waals surface area contributed by atoms with Crippen molar-refractivity contribution in [2.24, 2.45) is 5.10 Å². The highest BCUT2D eigenvalue weighted by Crippen LogP contribution is 2.36. The summed E-state index contributed by atoms with van der Waals surface area (Å²) in [6, 6.07) is 30.0. The van der Waals surface area contributed by atoms with E-state index in [0.29, 0.717) is 5.56 Å². The van der Waals surface area contributed by atoms with Crippen molar-refractivity contribution in [3.63, 3.8) is 0 Å². The summed E-state index contributed by atoms with van der Waals surface area (Å²) in [5, 5.41) is 7.67. The summed E-state index contributed by atoms with van der Waals surface area (Å²) < 4.78 is 1.24. The smallest absolute Gasteiger partial charge is 0.267 e. The van der Waals surface area contributed by atoms with Crippen LogP contribution in [0.15, 0.2) is 96.1 Å². The molecule has 3 nitrogen and oxygen atoms in total. The summed E-state index contributed by atoms with van der Waals surface area (Å²) in [5.41, 5.74) is 2.73. The van der Waals surface area contributed by atoms with Crippen molar-refractivity contribution in [2.45, 2.75) is 12.5 Å². The molecule has 1 amide bonds. The molecule has 1 atom stereocenters. The molecule has 28 heavy (non-hydrogen) atoms. The standard InChI is InChI=1S/C24H18N2OS/c27-24(18-11-5-2-6-12-18)26-21(17-9-3-1-4-10-17)16-20(25-26)23-15-19-13-7-8-14-22(19)28-23/h1-15,21H,16H2. The molecule has 2 heterocycles. The molecule has 0 fully saturated rings. The van der Waals surface area contributed by atoms with Crippen LogP contribution in [-0.2, 0) is 0 Å². The highest BCUT2D eigenvalue weighted by atomic mass is 32.1. The van der Waals surface area contributed by atoms with E-state index < -0.39 is 0 Å². The number of nitrogens with zero attached hydrogens (tertiary/aromatic N) is 2. The van der Waals surface area contributed by atoms with Gasteiger partial charge in [-0.05, 0) is 35.2 Å². The number of amides is 1. The lowest BCUT2D eigenvalue weighted by Gasteiger charge is -2.22. The van der Waals surface area contributed by atoms with Gasteiger partial charge in [0.15, 0.2) is 0 Å². The first-order valence-corrected chi connectivity index (χ1v) is 10.1. The minimum absolute atomic E-state index is 0.0643. The molecule has 4 aromatic rings. The average Bonchev–Trinajstić information content (AvgIpc) is 3.39. The van der Waals surface area contributed by atoms with Gasteiger partial charge < -0.3 is 0 Å². The maximum atomic E-state index is 13.2. The van der Waals surface area contributed by atoms with Crippen LogP contribution in [-0.4, -0.2) is 16.6 Å². The van der Waals surface area contributed by atoms with Gasteiger partial charge in [-0.15, -0.1) is 11.3 Å². The van der Waals surface area contributed by atoms with E-state index in [2.05, 4.69) is 36.4 Å². The SMILES string of the molecule is O=C(c1ccccc1)N1N=C(c2cc3ccccc3s2)CC1c1ccccc1. The second-order valence-electron chi connectivity index (χ2n) is 6.84. The predicted octanol–water partition coefficient (Wildman–Crippen LogP) is 5.89. The van der Waals surface area contributed by atoms with E-state index in [-0.39, 0.29) is 11.9 Å². The topological polar surface area (TPSA) is 32.7 Å². The summed E-state index contributed by atoms with van der Waals surface area (Å²) in [6.07, 6.45) is 0.718. The minimum Gasteiger partial charge on any atom is -0.267 e. The fourth-order valence-corrected chi connectivity index (χ4v) is 4.67. The highest BCUT2D eigenvalue weighted by molar-refractivity contribution is 7.20. The highest BCUT2D eigenvalue weighted by Gasteiger charge is 2.34. The van der Waals surface area contributed by atoms with Gasteiger partial charge in [-0.25, -0.2) is 5.01 Å². The number of carbonyl (C=O) groups excluding carboxylic acids is 1. The zero-order valence-corrected chi connectivity index (χ0v) is 16.0. The second kappa shape index (κ2) is 7.06. The van der Waals surface area contributed by atoms with Crippen LogP contribution < -0.4 is 0 Å². The molecule has 1 unspecified atom stereocenters. The molecule has 1 aromatic heterocycles. The van der Waals surface area contributed by atoms with Gasteiger partial charge in [0.1, 0.15) is 0 Å². The zero-order chi connectivity index (χ0) is 18.9. The molecular weight excluding hydrogens is 364 g/mol. The molecule has 5 rings (SSSR count). The molecule has 0 radical (unpaired) electrons. The van der Waals surface area contributed by atoms with E-state index in [4.69, 9.17) is 5.10 Å². The summed E-state index contributed by atoms with van der Waals surface area (Å²) in [7, 11) is 0. The Morgan fingerprint density at radius 1 is 0.893 bits per heavy atom. The molecule has 0 aliphatic carbocycles. The van der Waals surface area contributed by atoms with E-state index in [1.807, 2.05) is 54.6 Å². The number of benzene rings is 3. The van der Waals surface area contributed by atoms with Crippen molar-refractivity contribution in [1.82, 2.24) is 5.01 Å². The number of carbonyl (C=O) groups is 1. The minimum atomic E-state index is -0.0888. The third-order valence-corrected chi connectivity index (χ3v) is 6.20. The fraction of sp³-hybridized carbons (Fsp3) is 0.0833. The van der Waals surface area contributed by atoms with E-state index in [9.17, 15) is 4.79 Å². The second-order valence-corrected chi connectivity index (χ2v) is 7.93. The van der Waals surface area contributed by atoms with Gasteiger partial charge in [0.05, 0.1) is 16.6 Å². The average molecular weight is 382 g/mol. The van der Waals surface area contributed by atoms with Crippen molar-refractivity contribution in [2.75, 3.05) is 0 Å². The van der Waals surface area contributed by atoms with E-state index in [1.54, 1.807) is 16.3 Å². The number of thiophene rings is 1. The molecule has 0 bridgehead atoms. The van der Waals surface area contributed by atoms with Crippen LogP contribution in [0.1, 0.15) is 33.3 Å². The first kappa shape index (κ1) is 16.9. The molecule has 1 aliphatic heterocycles. The van der Waals surface area contributed by atoms with E-state index in [1.165, 1.54) is 10.1 Å². The quantitative estimate of drug-likeness (QED) is 0.435. The van der Waals surface area contributed by atoms with Crippen molar-refractivity contribution in [3.8, 4) is 0 Å². The maximum Gasteiger partial charge on any atom is 0.274 e. The van der Waals surface area contributed by atoms with Gasteiger partial charge in [0, 0.05) is 16.7 Å². The van der Waals surface area contributed by atoms with Crippen LogP contribution >= 0.6 is 11.3 Å². The van der Waals surface area contributed by atoms with Gasteiger partial charge in [-0.3, -0.25) is 4.79 Å². The number of hydrogen-bond donors (Lipinski definition) is 0. The number of hydrazone groups is 1. The Morgan fingerprint density at radius 2 is 1.57 bits per heavy atom. The van der Waals surface area contributed by atoms with Crippen molar-refractivity contribution < 1.29 is 4.79 Å². The Bertz CT molecular complexity index is 1130.